The number of piperidine rings is 2. The number of likely N-dealkylation sites (tertiary alicyclic amines) is 2. The molecule has 0 aromatic heterocycles. The Morgan fingerprint density at radius 3 is 2.00 bits per heavy atom. The number of carbonyl (C=O) groups is 4. The van der Waals surface area contributed by atoms with E-state index in [-0.39, 0.29) is 24.1 Å². The second-order valence-corrected chi connectivity index (χ2v) is 15.9. The van der Waals surface area contributed by atoms with E-state index in [1.807, 2.05) is 68.7 Å². The Balaban J connectivity index is 1.04. The van der Waals surface area contributed by atoms with Crippen molar-refractivity contribution in [3.63, 3.8) is 0 Å². The number of fused-ring (bicyclic) bond motifs is 1. The molecule has 4 aliphatic heterocycles. The van der Waals surface area contributed by atoms with Gasteiger partial charge in [0.15, 0.2) is 6.10 Å². The van der Waals surface area contributed by atoms with Crippen LogP contribution in [0.1, 0.15) is 68.7 Å². The average molecular weight is 717 g/mol. The Hall–Kier alpha value is -4.32. The summed E-state index contributed by atoms with van der Waals surface area (Å²) in [5, 5.41) is 3.06. The molecule has 1 atom stereocenters. The van der Waals surface area contributed by atoms with Gasteiger partial charge in [-0.3, -0.25) is 9.69 Å². The summed E-state index contributed by atoms with van der Waals surface area (Å²) in [4.78, 5) is 63.1. The van der Waals surface area contributed by atoms with Gasteiger partial charge < -0.3 is 34.4 Å². The van der Waals surface area contributed by atoms with Gasteiger partial charge in [0.2, 0.25) is 0 Å². The van der Waals surface area contributed by atoms with Crippen LogP contribution in [0.3, 0.4) is 0 Å². The van der Waals surface area contributed by atoms with Gasteiger partial charge in [-0.25, -0.2) is 14.4 Å². The van der Waals surface area contributed by atoms with Gasteiger partial charge >= 0.3 is 18.2 Å². The molecule has 6 rings (SSSR count). The zero-order valence-electron chi connectivity index (χ0n) is 31.6. The van der Waals surface area contributed by atoms with E-state index in [0.29, 0.717) is 71.1 Å². The molecular weight excluding hydrogens is 660 g/mol. The topological polar surface area (TPSA) is 115 Å². The quantitative estimate of drug-likeness (QED) is 0.423. The molecule has 12 heteroatoms. The van der Waals surface area contributed by atoms with Gasteiger partial charge in [-0.1, -0.05) is 47.5 Å². The summed E-state index contributed by atoms with van der Waals surface area (Å²) in [6.45, 7) is 15.1. The second-order valence-electron chi connectivity index (χ2n) is 15.9. The molecule has 5 amide bonds. The van der Waals surface area contributed by atoms with Crippen molar-refractivity contribution in [3.05, 3.63) is 64.7 Å². The Kier molecular flexibility index (Phi) is 11.6. The number of nitrogens with one attached hydrogen (secondary N) is 1. The normalized spacial score (nSPS) is 20.1. The smallest absolute Gasteiger partial charge is 0.410 e. The lowest BCUT2D eigenvalue weighted by atomic mass is 10.0. The fourth-order valence-corrected chi connectivity index (χ4v) is 8.13. The first-order chi connectivity index (χ1) is 24.8. The highest BCUT2D eigenvalue weighted by Crippen LogP contribution is 2.26. The highest BCUT2D eigenvalue weighted by molar-refractivity contribution is 5.91. The van der Waals surface area contributed by atoms with Crippen molar-refractivity contribution in [2.45, 2.75) is 96.9 Å². The maximum absolute atomic E-state index is 14.1. The fourth-order valence-electron chi connectivity index (χ4n) is 8.13. The van der Waals surface area contributed by atoms with Crippen LogP contribution in [-0.4, -0.2) is 131 Å². The maximum atomic E-state index is 14.1. The first-order valence-electron chi connectivity index (χ1n) is 19.0. The molecule has 0 unspecified atom stereocenters. The lowest BCUT2D eigenvalue weighted by Gasteiger charge is -2.43. The molecule has 0 spiro atoms. The summed E-state index contributed by atoms with van der Waals surface area (Å²) in [7, 11) is 0. The van der Waals surface area contributed by atoms with E-state index in [1.165, 1.54) is 0 Å². The molecule has 3 saturated heterocycles. The van der Waals surface area contributed by atoms with Gasteiger partial charge in [0.05, 0.1) is 0 Å². The Labute approximate surface area is 308 Å². The van der Waals surface area contributed by atoms with Crippen LogP contribution < -0.4 is 5.32 Å². The van der Waals surface area contributed by atoms with Crippen LogP contribution in [0.25, 0.3) is 0 Å². The Morgan fingerprint density at radius 2 is 1.37 bits per heavy atom. The van der Waals surface area contributed by atoms with Gasteiger partial charge in [-0.2, -0.15) is 0 Å². The monoisotopic (exact) mass is 716 g/mol. The predicted molar refractivity (Wildman–Crippen MR) is 199 cm³/mol. The van der Waals surface area contributed by atoms with Crippen molar-refractivity contribution in [3.8, 4) is 0 Å². The number of carbonyl (C=O) groups excluding carboxylic acids is 4. The molecule has 282 valence electrons. The fraction of sp³-hybridized carbons (Fsp3) is 0.600. The molecule has 0 saturated carbocycles. The molecule has 3 fully saturated rings. The number of urea groups is 1. The largest absolute Gasteiger partial charge is 0.444 e. The van der Waals surface area contributed by atoms with E-state index in [4.69, 9.17) is 9.47 Å². The van der Waals surface area contributed by atoms with Gasteiger partial charge in [0.25, 0.3) is 5.91 Å². The molecule has 1 N–H and O–H groups in total. The molecule has 4 heterocycles. The molecule has 0 aliphatic carbocycles. The standard InChI is InChI=1S/C40H56N6O6/c1-28-24-29(2)26-30(25-28)27-35(36(47)43-22-20-42(21-23-43)32-11-15-45(16-12-32)39(50)52-40(3,4)5)51-38(49)44-17-13-33(14-18-44)46-19-10-31-8-6-7-9-34(31)41-37(46)48/h6-9,24-26,32-33,35H,10-23,27H2,1-5H3,(H,41,48)/t35-/m1/s1. The number of nitrogens with zero attached hydrogens (tertiary/aromatic N) is 5. The third-order valence-electron chi connectivity index (χ3n) is 10.8. The number of para-hydroxylation sites is 1. The third kappa shape index (κ3) is 9.36. The number of piperazine rings is 1. The average Bonchev–Trinajstić information content (AvgIpc) is 3.28. The second kappa shape index (κ2) is 16.1. The minimum Gasteiger partial charge on any atom is -0.444 e. The minimum absolute atomic E-state index is 0.0203. The molecular formula is C40H56N6O6. The molecule has 0 radical (unpaired) electrons. The summed E-state index contributed by atoms with van der Waals surface area (Å²) >= 11 is 0. The van der Waals surface area contributed by atoms with E-state index in [0.717, 1.165) is 60.3 Å². The third-order valence-corrected chi connectivity index (χ3v) is 10.8. The number of rotatable bonds is 6. The van der Waals surface area contributed by atoms with Crippen LogP contribution in [0.4, 0.5) is 20.1 Å². The summed E-state index contributed by atoms with van der Waals surface area (Å²) < 4.78 is 11.7. The lowest BCUT2D eigenvalue weighted by Crippen LogP contribution is -2.57. The molecule has 12 nitrogen and oxygen atoms in total. The number of hydrogen-bond donors (Lipinski definition) is 1. The van der Waals surface area contributed by atoms with Gasteiger partial charge in [-0.15, -0.1) is 0 Å². The number of benzene rings is 2. The number of anilines is 1. The zero-order chi connectivity index (χ0) is 37.0. The van der Waals surface area contributed by atoms with E-state index >= 15 is 0 Å². The van der Waals surface area contributed by atoms with Crippen LogP contribution in [0, 0.1) is 13.8 Å². The molecule has 0 bridgehead atoms. The van der Waals surface area contributed by atoms with E-state index in [2.05, 4.69) is 28.4 Å². The predicted octanol–water partition coefficient (Wildman–Crippen LogP) is 5.45. The van der Waals surface area contributed by atoms with Crippen molar-refractivity contribution in [2.24, 2.45) is 0 Å². The number of aryl methyl sites for hydroxylation is 2. The highest BCUT2D eigenvalue weighted by Gasteiger charge is 2.37. The number of ether oxygens (including phenoxy) is 2. The summed E-state index contributed by atoms with van der Waals surface area (Å²) in [5.41, 5.74) is 4.63. The minimum atomic E-state index is -0.940. The van der Waals surface area contributed by atoms with Crippen molar-refractivity contribution >= 4 is 29.8 Å². The number of hydrogen-bond acceptors (Lipinski definition) is 7. The van der Waals surface area contributed by atoms with E-state index < -0.39 is 17.8 Å². The van der Waals surface area contributed by atoms with Gasteiger partial charge in [0.1, 0.15) is 5.60 Å². The van der Waals surface area contributed by atoms with Crippen LogP contribution in [-0.2, 0) is 27.1 Å². The van der Waals surface area contributed by atoms with Crippen LogP contribution in [0.5, 0.6) is 0 Å². The van der Waals surface area contributed by atoms with Crippen molar-refractivity contribution in [2.75, 3.05) is 64.2 Å². The van der Waals surface area contributed by atoms with Crippen molar-refractivity contribution in [1.82, 2.24) is 24.5 Å². The highest BCUT2D eigenvalue weighted by atomic mass is 16.6. The maximum Gasteiger partial charge on any atom is 0.410 e. The first-order valence-corrected chi connectivity index (χ1v) is 19.0. The SMILES string of the molecule is Cc1cc(C)cc(C[C@@H](OC(=O)N2CCC(N3CCc4ccccc4NC3=O)CC2)C(=O)N2CCN(C3CCN(C(=O)OC(C)(C)C)CC3)CC2)c1. The van der Waals surface area contributed by atoms with Crippen molar-refractivity contribution in [1.29, 1.82) is 0 Å². The van der Waals surface area contributed by atoms with Crippen LogP contribution in [0.15, 0.2) is 42.5 Å². The molecule has 2 aromatic carbocycles. The van der Waals surface area contributed by atoms with Crippen LogP contribution >= 0.6 is 0 Å². The van der Waals surface area contributed by atoms with Crippen molar-refractivity contribution < 1.29 is 28.7 Å². The van der Waals surface area contributed by atoms with E-state index in [1.54, 1.807) is 9.80 Å². The summed E-state index contributed by atoms with van der Waals surface area (Å²) in [6.07, 6.45) is 2.43. The molecule has 52 heavy (non-hydrogen) atoms. The summed E-state index contributed by atoms with van der Waals surface area (Å²) in [6, 6.07) is 14.4. The number of amides is 5. The van der Waals surface area contributed by atoms with Crippen LogP contribution in [0.2, 0.25) is 0 Å². The zero-order valence-corrected chi connectivity index (χ0v) is 31.6. The summed E-state index contributed by atoms with van der Waals surface area (Å²) in [5.74, 6) is -0.164. The van der Waals surface area contributed by atoms with E-state index in [9.17, 15) is 19.2 Å². The van der Waals surface area contributed by atoms with Gasteiger partial charge in [-0.05, 0) is 83.9 Å². The Morgan fingerprint density at radius 1 is 0.769 bits per heavy atom. The molecule has 2 aromatic rings. The lowest BCUT2D eigenvalue weighted by molar-refractivity contribution is -0.143. The Bertz CT molecular complexity index is 1580. The van der Waals surface area contributed by atoms with Gasteiger partial charge in [0, 0.05) is 83.1 Å². The molecule has 4 aliphatic rings. The first kappa shape index (κ1) is 37.4.